The third kappa shape index (κ3) is 2.33. The summed E-state index contributed by atoms with van der Waals surface area (Å²) in [5.41, 5.74) is 4.06. The van der Waals surface area contributed by atoms with E-state index in [9.17, 15) is 9.90 Å². The second kappa shape index (κ2) is 5.27. The maximum Gasteiger partial charge on any atom is 0.258 e. The van der Waals surface area contributed by atoms with Gasteiger partial charge < -0.3 is 25.0 Å². The van der Waals surface area contributed by atoms with Crippen LogP contribution in [0.1, 0.15) is 11.4 Å². The average molecular weight is 314 g/mol. The van der Waals surface area contributed by atoms with E-state index in [1.807, 2.05) is 13.0 Å². The molecule has 23 heavy (non-hydrogen) atoms. The zero-order valence-corrected chi connectivity index (χ0v) is 12.8. The van der Waals surface area contributed by atoms with Crippen LogP contribution < -0.4 is 10.2 Å². The molecule has 0 radical (unpaired) electrons. The highest BCUT2D eigenvalue weighted by atomic mass is 16.5. The fourth-order valence-electron chi connectivity index (χ4n) is 3.11. The molecule has 1 saturated heterocycles. The van der Waals surface area contributed by atoms with Gasteiger partial charge in [0.2, 0.25) is 0 Å². The minimum Gasteiger partial charge on any atom is -0.509 e. The summed E-state index contributed by atoms with van der Waals surface area (Å²) in [6, 6.07) is 4.13. The number of amides is 1. The molecule has 0 unspecified atom stereocenters. The van der Waals surface area contributed by atoms with Crippen LogP contribution in [0.2, 0.25) is 0 Å². The number of hydrogen-bond donors (Lipinski definition) is 3. The number of nitrogens with one attached hydrogen (secondary N) is 2. The summed E-state index contributed by atoms with van der Waals surface area (Å²) in [6.45, 7) is 5.34. The molecule has 2 aromatic rings. The Morgan fingerprint density at radius 1 is 1.30 bits per heavy atom. The number of hydrogen-bond acceptors (Lipinski definition) is 5. The zero-order valence-electron chi connectivity index (χ0n) is 12.8. The van der Waals surface area contributed by atoms with Crippen molar-refractivity contribution in [3.8, 4) is 0 Å². The highest BCUT2D eigenvalue weighted by Gasteiger charge is 2.27. The number of morpholine rings is 1. The number of carbonyl (C=O) groups excluding carboxylic acids is 1. The molecule has 4 rings (SSSR count). The predicted molar refractivity (Wildman–Crippen MR) is 86.4 cm³/mol. The molecule has 0 saturated carbocycles. The molecule has 1 fully saturated rings. The summed E-state index contributed by atoms with van der Waals surface area (Å²) in [5.74, 6) is 0.141. The maximum atomic E-state index is 11.9. The summed E-state index contributed by atoms with van der Waals surface area (Å²) >= 11 is 0. The first kappa shape index (κ1) is 14.1. The van der Waals surface area contributed by atoms with Crippen LogP contribution in [0.25, 0.3) is 16.6 Å². The topological polar surface area (TPSA) is 90.5 Å². The van der Waals surface area contributed by atoms with E-state index in [4.69, 9.17) is 4.74 Å². The fraction of sp³-hybridized carbons (Fsp3) is 0.375. The number of aliphatic hydroxyl groups is 1. The van der Waals surface area contributed by atoms with Crippen molar-refractivity contribution in [3.63, 3.8) is 0 Å². The van der Waals surface area contributed by atoms with Gasteiger partial charge in [-0.25, -0.2) is 4.98 Å². The second-order valence-corrected chi connectivity index (χ2v) is 5.85. The molecule has 0 bridgehead atoms. The monoisotopic (exact) mass is 314 g/mol. The van der Waals surface area contributed by atoms with Crippen LogP contribution >= 0.6 is 0 Å². The van der Waals surface area contributed by atoms with Crippen LogP contribution in [0.5, 0.6) is 0 Å². The number of carbonyl (C=O) groups is 1. The Labute approximate surface area is 133 Å². The number of benzene rings is 1. The Kier molecular flexibility index (Phi) is 3.23. The molecule has 0 atom stereocenters. The summed E-state index contributed by atoms with van der Waals surface area (Å²) < 4.78 is 5.39. The molecule has 2 aliphatic rings. The number of aryl methyl sites for hydroxylation is 1. The third-order valence-corrected chi connectivity index (χ3v) is 4.31. The molecule has 120 valence electrons. The number of aromatic nitrogens is 2. The van der Waals surface area contributed by atoms with Gasteiger partial charge in [0, 0.05) is 18.8 Å². The van der Waals surface area contributed by atoms with E-state index in [1.165, 1.54) is 0 Å². The van der Waals surface area contributed by atoms with Crippen LogP contribution in [0.15, 0.2) is 17.9 Å². The SMILES string of the molecule is Cc1cc(N2CCOCC2)cc2[nH]c(C3=C(O)CNC3=O)nc12. The molecule has 3 N–H and O–H groups in total. The van der Waals surface area contributed by atoms with Crippen molar-refractivity contribution in [3.05, 3.63) is 29.3 Å². The summed E-state index contributed by atoms with van der Waals surface area (Å²) in [4.78, 5) is 21.8. The number of aromatic amines is 1. The standard InChI is InChI=1S/C16H18N4O3/c1-9-6-10(20-2-4-23-5-3-20)7-11-14(9)19-15(18-11)13-12(21)8-17-16(13)22/h6-7,21H,2-5,8H2,1H3,(H,17,22)(H,18,19). The van der Waals surface area contributed by atoms with Gasteiger partial charge in [0.15, 0.2) is 0 Å². The van der Waals surface area contributed by atoms with Crippen molar-refractivity contribution in [1.29, 1.82) is 0 Å². The van der Waals surface area contributed by atoms with Crippen molar-refractivity contribution < 1.29 is 14.6 Å². The summed E-state index contributed by atoms with van der Waals surface area (Å²) in [5, 5.41) is 12.5. The largest absolute Gasteiger partial charge is 0.509 e. The van der Waals surface area contributed by atoms with Gasteiger partial charge in [-0.05, 0) is 24.6 Å². The van der Waals surface area contributed by atoms with Crippen LogP contribution in [-0.2, 0) is 9.53 Å². The molecule has 0 aliphatic carbocycles. The Morgan fingerprint density at radius 2 is 2.09 bits per heavy atom. The average Bonchev–Trinajstić information content (AvgIpc) is 3.11. The van der Waals surface area contributed by atoms with Crippen molar-refractivity contribution in [2.24, 2.45) is 0 Å². The van der Waals surface area contributed by atoms with E-state index in [0.29, 0.717) is 5.82 Å². The Morgan fingerprint density at radius 3 is 2.78 bits per heavy atom. The second-order valence-electron chi connectivity index (χ2n) is 5.85. The Bertz CT molecular complexity index is 818. The quantitative estimate of drug-likeness (QED) is 0.772. The molecule has 1 aromatic heterocycles. The molecule has 2 aliphatic heterocycles. The number of aliphatic hydroxyl groups excluding tert-OH is 1. The lowest BCUT2D eigenvalue weighted by Crippen LogP contribution is -2.36. The normalized spacial score (nSPS) is 18.8. The van der Waals surface area contributed by atoms with E-state index in [1.54, 1.807) is 0 Å². The van der Waals surface area contributed by atoms with E-state index in [2.05, 4.69) is 26.3 Å². The number of ether oxygens (including phenoxy) is 1. The van der Waals surface area contributed by atoms with Crippen molar-refractivity contribution in [2.45, 2.75) is 6.92 Å². The molecule has 3 heterocycles. The van der Waals surface area contributed by atoms with Gasteiger partial charge in [0.05, 0.1) is 30.8 Å². The van der Waals surface area contributed by atoms with E-state index in [-0.39, 0.29) is 23.8 Å². The number of imidazole rings is 1. The Balaban J connectivity index is 1.78. The van der Waals surface area contributed by atoms with Gasteiger partial charge in [-0.1, -0.05) is 0 Å². The first-order valence-corrected chi connectivity index (χ1v) is 7.67. The maximum absolute atomic E-state index is 11.9. The van der Waals surface area contributed by atoms with E-state index < -0.39 is 0 Å². The lowest BCUT2D eigenvalue weighted by molar-refractivity contribution is -0.114. The zero-order chi connectivity index (χ0) is 16.0. The minimum absolute atomic E-state index is 0.0279. The van der Waals surface area contributed by atoms with Gasteiger partial charge in [-0.3, -0.25) is 4.79 Å². The van der Waals surface area contributed by atoms with Crippen molar-refractivity contribution in [2.75, 3.05) is 37.7 Å². The lowest BCUT2D eigenvalue weighted by atomic mass is 10.1. The van der Waals surface area contributed by atoms with Crippen molar-refractivity contribution >= 4 is 28.2 Å². The number of nitrogens with zero attached hydrogens (tertiary/aromatic N) is 2. The highest BCUT2D eigenvalue weighted by molar-refractivity contribution is 6.21. The molecular formula is C16H18N4O3. The molecule has 7 heteroatoms. The molecule has 7 nitrogen and oxygen atoms in total. The predicted octanol–water partition coefficient (Wildman–Crippen LogP) is 1.11. The van der Waals surface area contributed by atoms with Crippen LogP contribution in [0.4, 0.5) is 5.69 Å². The van der Waals surface area contributed by atoms with E-state index in [0.717, 1.165) is 48.6 Å². The van der Waals surface area contributed by atoms with Crippen LogP contribution in [0, 0.1) is 6.92 Å². The fourth-order valence-corrected chi connectivity index (χ4v) is 3.11. The summed E-state index contributed by atoms with van der Waals surface area (Å²) in [7, 11) is 0. The van der Waals surface area contributed by atoms with E-state index >= 15 is 0 Å². The van der Waals surface area contributed by atoms with Crippen LogP contribution in [-0.4, -0.2) is 53.8 Å². The van der Waals surface area contributed by atoms with Gasteiger partial charge >= 0.3 is 0 Å². The van der Waals surface area contributed by atoms with Gasteiger partial charge in [-0.2, -0.15) is 0 Å². The molecule has 0 spiro atoms. The third-order valence-electron chi connectivity index (χ3n) is 4.31. The first-order valence-electron chi connectivity index (χ1n) is 7.67. The minimum atomic E-state index is -0.299. The van der Waals surface area contributed by atoms with Crippen LogP contribution in [0.3, 0.4) is 0 Å². The number of fused-ring (bicyclic) bond motifs is 1. The first-order chi connectivity index (χ1) is 11.1. The smallest absolute Gasteiger partial charge is 0.258 e. The lowest BCUT2D eigenvalue weighted by Gasteiger charge is -2.29. The molecule has 1 amide bonds. The van der Waals surface area contributed by atoms with Gasteiger partial charge in [-0.15, -0.1) is 0 Å². The Hall–Kier alpha value is -2.54. The highest BCUT2D eigenvalue weighted by Crippen LogP contribution is 2.28. The van der Waals surface area contributed by atoms with Crippen molar-refractivity contribution in [1.82, 2.24) is 15.3 Å². The molecule has 1 aromatic carbocycles. The summed E-state index contributed by atoms with van der Waals surface area (Å²) in [6.07, 6.45) is 0. The van der Waals surface area contributed by atoms with Gasteiger partial charge in [0.1, 0.15) is 17.2 Å². The number of rotatable bonds is 2. The molecular weight excluding hydrogens is 296 g/mol. The number of anilines is 1. The van der Waals surface area contributed by atoms with Gasteiger partial charge in [0.25, 0.3) is 5.91 Å². The number of H-pyrrole nitrogens is 1.